The highest BCUT2D eigenvalue weighted by molar-refractivity contribution is 8.31. The molecule has 0 amide bonds. The normalized spacial score (nSPS) is 12.5. The first kappa shape index (κ1) is 40.5. The number of sulfone groups is 2. The average molecular weight is 691 g/mol. The number of nitrogens with zero attached hydrogens (tertiary/aromatic N) is 2. The highest BCUT2D eigenvalue weighted by Crippen LogP contribution is 2.36. The third kappa shape index (κ3) is 11.8. The van der Waals surface area contributed by atoms with Crippen LogP contribution in [-0.2, 0) is 30.5 Å². The molecule has 8 nitrogen and oxygen atoms in total. The summed E-state index contributed by atoms with van der Waals surface area (Å²) in [6.07, 6.45) is 12.3. The van der Waals surface area contributed by atoms with Crippen molar-refractivity contribution in [2.24, 2.45) is 0 Å². The number of hydrogen-bond acceptors (Lipinski definition) is 6. The topological polar surface area (TPSA) is 123 Å². The Morgan fingerprint density at radius 2 is 0.936 bits per heavy atom. The van der Waals surface area contributed by atoms with Crippen LogP contribution in [0, 0.1) is 0 Å². The van der Waals surface area contributed by atoms with Crippen molar-refractivity contribution in [1.82, 2.24) is 0 Å². The van der Waals surface area contributed by atoms with E-state index in [0.717, 1.165) is 64.2 Å². The minimum absolute atomic E-state index is 0.0193. The number of hydrogen-bond donors (Lipinski definition) is 0. The molecule has 0 aliphatic heterocycles. The van der Waals surface area contributed by atoms with Gasteiger partial charge in [0.1, 0.15) is 21.3 Å². The quantitative estimate of drug-likeness (QED) is 0.0505. The van der Waals surface area contributed by atoms with Gasteiger partial charge in [0.2, 0.25) is 0 Å². The maximum absolute atomic E-state index is 14.3. The Labute approximate surface area is 285 Å². The molecule has 0 aliphatic rings. The zero-order chi connectivity index (χ0) is 35.3. The van der Waals surface area contributed by atoms with Crippen LogP contribution in [0.4, 0.5) is 0 Å². The molecule has 0 N–H and O–H groups in total. The molecule has 0 aliphatic carbocycles. The van der Waals surface area contributed by atoms with E-state index in [4.69, 9.17) is 9.47 Å². The molecule has 2 aromatic rings. The van der Waals surface area contributed by atoms with Crippen LogP contribution in [0.1, 0.15) is 144 Å². The smallest absolute Gasteiger partial charge is 0.492 e. The maximum atomic E-state index is 14.3. The Morgan fingerprint density at radius 1 is 0.596 bits per heavy atom. The molecule has 0 spiro atoms. The molecule has 2 rings (SSSR count). The third-order valence-corrected chi connectivity index (χ3v) is 12.4. The second-order valence-corrected chi connectivity index (χ2v) is 18.4. The molecule has 0 saturated heterocycles. The van der Waals surface area contributed by atoms with Crippen LogP contribution >= 0.6 is 0 Å². The van der Waals surface area contributed by atoms with Crippen LogP contribution in [0.2, 0.25) is 0 Å². The van der Waals surface area contributed by atoms with E-state index in [1.165, 1.54) is 25.0 Å². The van der Waals surface area contributed by atoms with E-state index in [0.29, 0.717) is 11.1 Å². The fraction of sp³-hybridized carbons (Fsp3) is 0.649. The minimum atomic E-state index is -4.90. The molecule has 0 aromatic heterocycles. The zero-order valence-electron chi connectivity index (χ0n) is 30.0. The van der Waals surface area contributed by atoms with E-state index in [2.05, 4.69) is 18.6 Å². The third-order valence-electron chi connectivity index (χ3n) is 8.25. The van der Waals surface area contributed by atoms with Gasteiger partial charge in [-0.3, -0.25) is 0 Å². The van der Waals surface area contributed by atoms with Crippen LogP contribution < -0.4 is 9.47 Å². The molecule has 10 heteroatoms. The molecule has 0 bridgehead atoms. The maximum Gasteiger partial charge on any atom is 0.504 e. The molecule has 0 unspecified atom stereocenters. The van der Waals surface area contributed by atoms with E-state index in [-0.39, 0.29) is 34.5 Å². The summed E-state index contributed by atoms with van der Waals surface area (Å²) >= 11 is 0. The first-order chi connectivity index (χ1) is 22.0. The predicted octanol–water partition coefficient (Wildman–Crippen LogP) is 9.59. The summed E-state index contributed by atoms with van der Waals surface area (Å²) in [5.41, 5.74) is 10.6. The lowest BCUT2D eigenvalue weighted by Gasteiger charge is -2.22. The summed E-state index contributed by atoms with van der Waals surface area (Å²) in [6.45, 7) is 16.4. The molecule has 0 atom stereocenters. The van der Waals surface area contributed by atoms with Gasteiger partial charge in [-0.2, -0.15) is 0 Å². The molecule has 0 heterocycles. The minimum Gasteiger partial charge on any atom is -0.492 e. The molecule has 47 heavy (non-hydrogen) atoms. The van der Waals surface area contributed by atoms with Crippen LogP contribution in [0.25, 0.3) is 5.53 Å². The van der Waals surface area contributed by atoms with Gasteiger partial charge < -0.3 is 15.0 Å². The summed E-state index contributed by atoms with van der Waals surface area (Å²) in [4.78, 5) is 2.25. The van der Waals surface area contributed by atoms with Crippen molar-refractivity contribution in [2.75, 3.05) is 13.2 Å². The molecular formula is C37H58N2O6S2. The van der Waals surface area contributed by atoms with E-state index >= 15 is 0 Å². The first-order valence-electron chi connectivity index (χ1n) is 17.3. The first-order valence-corrected chi connectivity index (χ1v) is 20.2. The lowest BCUT2D eigenvalue weighted by Crippen LogP contribution is -2.28. The lowest BCUT2D eigenvalue weighted by molar-refractivity contribution is 0.00377. The van der Waals surface area contributed by atoms with Gasteiger partial charge in [0.05, 0.1) is 13.2 Å². The second kappa shape index (κ2) is 18.2. The van der Waals surface area contributed by atoms with Gasteiger partial charge in [0.25, 0.3) is 19.7 Å². The highest BCUT2D eigenvalue weighted by Gasteiger charge is 2.47. The van der Waals surface area contributed by atoms with Crippen LogP contribution in [0.15, 0.2) is 46.2 Å². The van der Waals surface area contributed by atoms with Crippen molar-refractivity contribution < 1.29 is 31.1 Å². The molecule has 264 valence electrons. The Bertz CT molecular complexity index is 1450. The second-order valence-electron chi connectivity index (χ2n) is 14.4. The molecule has 0 saturated carbocycles. The van der Waals surface area contributed by atoms with Gasteiger partial charge in [-0.05, 0) is 59.1 Å². The fourth-order valence-electron chi connectivity index (χ4n) is 5.18. The Morgan fingerprint density at radius 3 is 1.26 bits per heavy atom. The number of ether oxygens (including phenoxy) is 2. The molecule has 0 fully saturated rings. The van der Waals surface area contributed by atoms with Gasteiger partial charge in [-0.25, -0.2) is 16.8 Å². The van der Waals surface area contributed by atoms with Crippen molar-refractivity contribution >= 4 is 24.1 Å². The van der Waals surface area contributed by atoms with Gasteiger partial charge in [0, 0.05) is 0 Å². The summed E-state index contributed by atoms with van der Waals surface area (Å²) in [5, 5.41) is 0. The van der Waals surface area contributed by atoms with Gasteiger partial charge in [-0.15, -0.1) is 4.79 Å². The monoisotopic (exact) mass is 690 g/mol. The van der Waals surface area contributed by atoms with Crippen molar-refractivity contribution in [3.63, 3.8) is 0 Å². The SMILES string of the molecule is CCCCCCCCOc1ccc(C(C)(C)C)cc1S(=O)(=O)C(=[N+]=[N-])S(=O)(=O)c1cc(C(C)(C)C)ccc1OCCCCCCCC. The van der Waals surface area contributed by atoms with Crippen LogP contribution in [-0.4, -0.2) is 39.2 Å². The Balaban J connectivity index is 2.55. The molecular weight excluding hydrogens is 633 g/mol. The summed E-state index contributed by atoms with van der Waals surface area (Å²) < 4.78 is 67.7. The molecule has 0 radical (unpaired) electrons. The van der Waals surface area contributed by atoms with Crippen molar-refractivity contribution in [1.29, 1.82) is 0 Å². The van der Waals surface area contributed by atoms with Crippen LogP contribution in [0.5, 0.6) is 11.5 Å². The van der Waals surface area contributed by atoms with E-state index in [1.807, 2.05) is 41.5 Å². The number of rotatable bonds is 18. The summed E-state index contributed by atoms with van der Waals surface area (Å²) in [6, 6.07) is 9.52. The summed E-state index contributed by atoms with van der Waals surface area (Å²) in [7, 11) is -9.79. The summed E-state index contributed by atoms with van der Waals surface area (Å²) in [5.74, 6) is 0.0387. The van der Waals surface area contributed by atoms with E-state index in [1.54, 1.807) is 24.3 Å². The van der Waals surface area contributed by atoms with Crippen LogP contribution in [0.3, 0.4) is 0 Å². The number of benzene rings is 2. The van der Waals surface area contributed by atoms with Crippen molar-refractivity contribution in [3.05, 3.63) is 53.1 Å². The predicted molar refractivity (Wildman–Crippen MR) is 191 cm³/mol. The van der Waals surface area contributed by atoms with Crippen molar-refractivity contribution in [3.8, 4) is 11.5 Å². The van der Waals surface area contributed by atoms with Gasteiger partial charge in [0.15, 0.2) is 0 Å². The van der Waals surface area contributed by atoms with Crippen molar-refractivity contribution in [2.45, 2.75) is 153 Å². The van der Waals surface area contributed by atoms with E-state index < -0.39 is 34.9 Å². The lowest BCUT2D eigenvalue weighted by atomic mass is 9.87. The highest BCUT2D eigenvalue weighted by atomic mass is 32.3. The molecule has 2 aromatic carbocycles. The average Bonchev–Trinajstić information content (AvgIpc) is 2.99. The number of unbranched alkanes of at least 4 members (excludes halogenated alkanes) is 10. The van der Waals surface area contributed by atoms with Gasteiger partial charge >= 0.3 is 4.38 Å². The largest absolute Gasteiger partial charge is 0.504 e. The fourth-order valence-corrected chi connectivity index (χ4v) is 8.81. The van der Waals surface area contributed by atoms with E-state index in [9.17, 15) is 22.4 Å². The standard InChI is InChI=1S/C37H58N2O6S2/c1-9-11-13-15-17-19-25-44-31-23-21-29(36(3,4)5)27-33(31)46(40,41)35(39-38)47(42,43)34-28-30(37(6,7)8)22-24-32(34)45-26-20-18-16-14-12-10-2/h21-24,27-28H,9-20,25-26H2,1-8H3. The zero-order valence-corrected chi connectivity index (χ0v) is 31.7. The van der Waals surface area contributed by atoms with Gasteiger partial charge in [-0.1, -0.05) is 132 Å². The Kier molecular flexibility index (Phi) is 15.7. The Hall–Kier alpha value is -2.68.